The minimum atomic E-state index is -3.29. The molecule has 1 heterocycles. The molecule has 2 N–H and O–H groups in total. The van der Waals surface area contributed by atoms with Gasteiger partial charge in [0.25, 0.3) is 0 Å². The smallest absolute Gasteiger partial charge is 0.311 e. The third-order valence-electron chi connectivity index (χ3n) is 4.17. The van der Waals surface area contributed by atoms with Crippen molar-refractivity contribution in [3.8, 4) is 0 Å². The van der Waals surface area contributed by atoms with Gasteiger partial charge in [-0.15, -0.1) is 0 Å². The zero-order chi connectivity index (χ0) is 16.3. The molecule has 0 radical (unpaired) electrons. The van der Waals surface area contributed by atoms with E-state index in [2.05, 4.69) is 5.32 Å². The molecule has 1 rings (SSSR count). The first-order valence-corrected chi connectivity index (χ1v) is 8.91. The number of amides is 1. The van der Waals surface area contributed by atoms with Gasteiger partial charge in [0.1, 0.15) is 0 Å². The van der Waals surface area contributed by atoms with E-state index in [1.807, 2.05) is 0 Å². The highest BCUT2D eigenvalue weighted by Gasteiger charge is 2.34. The third kappa shape index (κ3) is 4.67. The molecule has 0 aromatic heterocycles. The summed E-state index contributed by atoms with van der Waals surface area (Å²) in [6.45, 7) is 3.99. The predicted molar refractivity (Wildman–Crippen MR) is 78.2 cm³/mol. The number of rotatable bonds is 6. The molecule has 0 saturated carbocycles. The van der Waals surface area contributed by atoms with Crippen LogP contribution in [0.1, 0.15) is 33.1 Å². The van der Waals surface area contributed by atoms with Crippen LogP contribution in [0.15, 0.2) is 0 Å². The van der Waals surface area contributed by atoms with E-state index in [4.69, 9.17) is 5.11 Å². The molecular weight excluding hydrogens is 296 g/mol. The second kappa shape index (κ2) is 6.74. The van der Waals surface area contributed by atoms with E-state index in [0.717, 1.165) is 6.26 Å². The highest BCUT2D eigenvalue weighted by molar-refractivity contribution is 7.88. The van der Waals surface area contributed by atoms with Gasteiger partial charge in [-0.05, 0) is 26.2 Å². The fourth-order valence-corrected chi connectivity index (χ4v) is 3.15. The Balaban J connectivity index is 2.62. The fourth-order valence-electron chi connectivity index (χ4n) is 2.24. The number of sulfonamides is 1. The van der Waals surface area contributed by atoms with E-state index in [1.54, 1.807) is 13.8 Å². The molecule has 1 saturated heterocycles. The number of piperidine rings is 1. The normalized spacial score (nSPS) is 23.3. The summed E-state index contributed by atoms with van der Waals surface area (Å²) >= 11 is 0. The molecule has 1 amide bonds. The van der Waals surface area contributed by atoms with E-state index in [1.165, 1.54) is 4.31 Å². The second-order valence-electron chi connectivity index (χ2n) is 5.90. The zero-order valence-corrected chi connectivity index (χ0v) is 13.6. The van der Waals surface area contributed by atoms with Crippen molar-refractivity contribution in [2.75, 3.05) is 25.9 Å². The molecule has 0 aromatic rings. The molecule has 122 valence electrons. The SMILES string of the molecule is CCC(C)(CNC(=O)C1CCCN(S(C)(=O)=O)C1)C(=O)O. The van der Waals surface area contributed by atoms with Crippen molar-refractivity contribution in [2.45, 2.75) is 33.1 Å². The summed E-state index contributed by atoms with van der Waals surface area (Å²) in [5.74, 6) is -1.64. The molecule has 2 unspecified atom stereocenters. The second-order valence-corrected chi connectivity index (χ2v) is 7.88. The largest absolute Gasteiger partial charge is 0.481 e. The molecule has 0 aliphatic carbocycles. The van der Waals surface area contributed by atoms with Crippen molar-refractivity contribution < 1.29 is 23.1 Å². The predicted octanol–water partition coefficient (Wildman–Crippen LogP) is 0.275. The molecule has 0 bridgehead atoms. The van der Waals surface area contributed by atoms with Crippen LogP contribution < -0.4 is 5.32 Å². The molecule has 0 spiro atoms. The lowest BCUT2D eigenvalue weighted by Crippen LogP contribution is -2.48. The lowest BCUT2D eigenvalue weighted by molar-refractivity contribution is -0.148. The van der Waals surface area contributed by atoms with Crippen LogP contribution in [0.5, 0.6) is 0 Å². The molecule has 1 fully saturated rings. The molecule has 7 nitrogen and oxygen atoms in total. The standard InChI is InChI=1S/C13H24N2O5S/c1-4-13(2,12(17)18)9-14-11(16)10-6-5-7-15(8-10)21(3,19)20/h10H,4-9H2,1-3H3,(H,14,16)(H,17,18). The van der Waals surface area contributed by atoms with Gasteiger partial charge in [-0.1, -0.05) is 6.92 Å². The summed E-state index contributed by atoms with van der Waals surface area (Å²) in [7, 11) is -3.29. The summed E-state index contributed by atoms with van der Waals surface area (Å²) in [6.07, 6.45) is 2.79. The van der Waals surface area contributed by atoms with Crippen LogP contribution in [0.25, 0.3) is 0 Å². The molecule has 1 aliphatic rings. The number of carboxylic acids is 1. The number of carbonyl (C=O) groups is 2. The maximum Gasteiger partial charge on any atom is 0.311 e. The van der Waals surface area contributed by atoms with Crippen molar-refractivity contribution in [1.29, 1.82) is 0 Å². The first-order chi connectivity index (χ1) is 9.60. The molecule has 2 atom stereocenters. The van der Waals surface area contributed by atoms with Gasteiger partial charge in [-0.25, -0.2) is 12.7 Å². The topological polar surface area (TPSA) is 104 Å². The Hall–Kier alpha value is -1.15. The fraction of sp³-hybridized carbons (Fsp3) is 0.846. The van der Waals surface area contributed by atoms with Crippen molar-refractivity contribution in [3.63, 3.8) is 0 Å². The lowest BCUT2D eigenvalue weighted by atomic mass is 9.87. The van der Waals surface area contributed by atoms with E-state index in [-0.39, 0.29) is 19.0 Å². The Morgan fingerprint density at radius 3 is 2.52 bits per heavy atom. The third-order valence-corrected chi connectivity index (χ3v) is 5.44. The van der Waals surface area contributed by atoms with Crippen LogP contribution in [0, 0.1) is 11.3 Å². The highest BCUT2D eigenvalue weighted by Crippen LogP contribution is 2.22. The summed E-state index contributed by atoms with van der Waals surface area (Å²) in [4.78, 5) is 23.3. The Morgan fingerprint density at radius 1 is 1.43 bits per heavy atom. The van der Waals surface area contributed by atoms with Crippen LogP contribution in [0.4, 0.5) is 0 Å². The van der Waals surface area contributed by atoms with Gasteiger partial charge >= 0.3 is 5.97 Å². The number of hydrogen-bond donors (Lipinski definition) is 2. The number of hydrogen-bond acceptors (Lipinski definition) is 4. The minimum Gasteiger partial charge on any atom is -0.481 e. The molecule has 8 heteroatoms. The van der Waals surface area contributed by atoms with Gasteiger partial charge in [-0.2, -0.15) is 0 Å². The van der Waals surface area contributed by atoms with E-state index in [9.17, 15) is 18.0 Å². The van der Waals surface area contributed by atoms with Gasteiger partial charge in [0.15, 0.2) is 0 Å². The number of carbonyl (C=O) groups excluding carboxylic acids is 1. The Morgan fingerprint density at radius 2 is 2.05 bits per heavy atom. The molecule has 0 aromatic carbocycles. The average molecular weight is 320 g/mol. The molecule has 1 aliphatic heterocycles. The van der Waals surface area contributed by atoms with Gasteiger partial charge in [0, 0.05) is 19.6 Å². The van der Waals surface area contributed by atoms with Crippen molar-refractivity contribution in [3.05, 3.63) is 0 Å². The van der Waals surface area contributed by atoms with Crippen molar-refractivity contribution in [1.82, 2.24) is 9.62 Å². The quantitative estimate of drug-likeness (QED) is 0.731. The number of carboxylic acid groups (broad SMARTS) is 1. The lowest BCUT2D eigenvalue weighted by Gasteiger charge is -2.31. The number of aliphatic carboxylic acids is 1. The van der Waals surface area contributed by atoms with Gasteiger partial charge in [0.2, 0.25) is 15.9 Å². The Labute approximate surface area is 125 Å². The number of nitrogens with one attached hydrogen (secondary N) is 1. The maximum absolute atomic E-state index is 12.1. The molecule has 21 heavy (non-hydrogen) atoms. The first kappa shape index (κ1) is 17.9. The maximum atomic E-state index is 12.1. The summed E-state index contributed by atoms with van der Waals surface area (Å²) in [5.41, 5.74) is -0.999. The average Bonchev–Trinajstić information content (AvgIpc) is 2.43. The first-order valence-electron chi connectivity index (χ1n) is 7.06. The van der Waals surface area contributed by atoms with E-state index < -0.39 is 27.3 Å². The minimum absolute atomic E-state index is 0.0487. The van der Waals surface area contributed by atoms with Gasteiger partial charge < -0.3 is 10.4 Å². The van der Waals surface area contributed by atoms with Crippen LogP contribution in [0.3, 0.4) is 0 Å². The summed E-state index contributed by atoms with van der Waals surface area (Å²) < 4.78 is 24.3. The van der Waals surface area contributed by atoms with E-state index >= 15 is 0 Å². The van der Waals surface area contributed by atoms with Crippen molar-refractivity contribution in [2.24, 2.45) is 11.3 Å². The highest BCUT2D eigenvalue weighted by atomic mass is 32.2. The van der Waals surface area contributed by atoms with Crippen LogP contribution in [0.2, 0.25) is 0 Å². The molecular formula is C13H24N2O5S. The van der Waals surface area contributed by atoms with Crippen molar-refractivity contribution >= 4 is 21.9 Å². The van der Waals surface area contributed by atoms with Gasteiger partial charge in [-0.3, -0.25) is 9.59 Å². The Bertz CT molecular complexity index is 505. The van der Waals surface area contributed by atoms with Crippen LogP contribution in [-0.2, 0) is 19.6 Å². The monoisotopic (exact) mass is 320 g/mol. The van der Waals surface area contributed by atoms with Crippen LogP contribution in [-0.4, -0.2) is 55.6 Å². The van der Waals surface area contributed by atoms with E-state index in [0.29, 0.717) is 25.8 Å². The number of nitrogens with zero attached hydrogens (tertiary/aromatic N) is 1. The van der Waals surface area contributed by atoms with Gasteiger partial charge in [0.05, 0.1) is 17.6 Å². The summed E-state index contributed by atoms with van der Waals surface area (Å²) in [5, 5.41) is 11.8. The van der Waals surface area contributed by atoms with Crippen LogP contribution >= 0.6 is 0 Å². The zero-order valence-electron chi connectivity index (χ0n) is 12.8. The summed E-state index contributed by atoms with van der Waals surface area (Å²) in [6, 6.07) is 0. The Kier molecular flexibility index (Phi) is 5.75.